The Kier molecular flexibility index (Phi) is 4.97. The molecule has 0 amide bonds. The first-order valence-electron chi connectivity index (χ1n) is 8.85. The van der Waals surface area contributed by atoms with Crippen LogP contribution in [0.15, 0.2) is 53.4 Å². The number of benzene rings is 3. The van der Waals surface area contributed by atoms with E-state index in [1.165, 1.54) is 31.4 Å². The van der Waals surface area contributed by atoms with Gasteiger partial charge in [0.15, 0.2) is 11.6 Å². The Morgan fingerprint density at radius 2 is 1.61 bits per heavy atom. The topological polar surface area (TPSA) is 139 Å². The molecule has 0 saturated carbocycles. The average molecular weight is 458 g/mol. The fraction of sp³-hybridized carbons (Fsp3) is 0.0476. The molecule has 0 saturated heterocycles. The van der Waals surface area contributed by atoms with Crippen molar-refractivity contribution in [3.63, 3.8) is 0 Å². The number of halogens is 1. The second-order valence-electron chi connectivity index (χ2n) is 6.72. The Morgan fingerprint density at radius 3 is 2.19 bits per heavy atom. The fourth-order valence-corrected chi connectivity index (χ4v) is 4.32. The molecule has 0 aliphatic heterocycles. The largest absolute Gasteiger partial charge is 0.744 e. The van der Waals surface area contributed by atoms with Gasteiger partial charge in [0, 0.05) is 22.9 Å². The van der Waals surface area contributed by atoms with Gasteiger partial charge < -0.3 is 20.3 Å². The molecule has 0 atom stereocenters. The summed E-state index contributed by atoms with van der Waals surface area (Å²) in [7, 11) is -3.63. The number of hydrogen-bond donors (Lipinski definition) is 2. The van der Waals surface area contributed by atoms with Crippen LogP contribution in [0.3, 0.4) is 0 Å². The molecular formula is C21H14ClN2O6S-. The lowest BCUT2D eigenvalue weighted by atomic mass is 9.82. The van der Waals surface area contributed by atoms with Crippen LogP contribution in [0.1, 0.15) is 31.8 Å². The van der Waals surface area contributed by atoms with Gasteiger partial charge in [0.2, 0.25) is 0 Å². The summed E-state index contributed by atoms with van der Waals surface area (Å²) < 4.78 is 40.6. The van der Waals surface area contributed by atoms with Crippen molar-refractivity contribution in [2.75, 3.05) is 18.2 Å². The Bertz CT molecular complexity index is 1380. The zero-order valence-electron chi connectivity index (χ0n) is 15.9. The molecule has 158 valence electrons. The van der Waals surface area contributed by atoms with E-state index in [2.05, 4.69) is 5.32 Å². The zero-order chi connectivity index (χ0) is 22.5. The zero-order valence-corrected chi connectivity index (χ0v) is 17.5. The van der Waals surface area contributed by atoms with Crippen molar-refractivity contribution < 1.29 is 27.3 Å². The highest BCUT2D eigenvalue weighted by molar-refractivity contribution is 7.86. The molecule has 1 aliphatic carbocycles. The number of fused-ring (bicyclic) bond motifs is 2. The van der Waals surface area contributed by atoms with Crippen LogP contribution >= 0.6 is 11.6 Å². The second kappa shape index (κ2) is 7.38. The predicted molar refractivity (Wildman–Crippen MR) is 113 cm³/mol. The van der Waals surface area contributed by atoms with E-state index in [1.54, 1.807) is 18.2 Å². The lowest BCUT2D eigenvalue weighted by molar-refractivity contribution is 0.0980. The van der Waals surface area contributed by atoms with E-state index in [1.807, 2.05) is 0 Å². The normalized spacial score (nSPS) is 12.9. The van der Waals surface area contributed by atoms with Crippen molar-refractivity contribution >= 4 is 50.3 Å². The van der Waals surface area contributed by atoms with Gasteiger partial charge >= 0.3 is 0 Å². The van der Waals surface area contributed by atoms with E-state index in [9.17, 15) is 22.6 Å². The van der Waals surface area contributed by atoms with Gasteiger partial charge in [-0.3, -0.25) is 9.59 Å². The maximum atomic E-state index is 13.2. The molecule has 0 fully saturated rings. The Balaban J connectivity index is 2.00. The van der Waals surface area contributed by atoms with Crippen molar-refractivity contribution in [1.29, 1.82) is 0 Å². The molecule has 3 aromatic carbocycles. The summed E-state index contributed by atoms with van der Waals surface area (Å²) in [5, 5.41) is 3.21. The molecule has 0 unspecified atom stereocenters. The molecule has 3 aromatic rings. The fourth-order valence-electron chi connectivity index (χ4n) is 3.49. The summed E-state index contributed by atoms with van der Waals surface area (Å²) in [5.74, 6) is -0.861. The number of carbonyl (C=O) groups excluding carboxylic acids is 2. The number of ketones is 2. The average Bonchev–Trinajstić information content (AvgIpc) is 2.73. The molecular weight excluding hydrogens is 444 g/mol. The molecule has 0 aromatic heterocycles. The Labute approximate surface area is 182 Å². The van der Waals surface area contributed by atoms with E-state index < -0.39 is 32.3 Å². The highest BCUT2D eigenvalue weighted by Crippen LogP contribution is 2.40. The van der Waals surface area contributed by atoms with E-state index in [0.717, 1.165) is 6.07 Å². The van der Waals surface area contributed by atoms with Gasteiger partial charge in [-0.2, -0.15) is 0 Å². The number of hydrogen-bond acceptors (Lipinski definition) is 8. The first-order chi connectivity index (χ1) is 14.6. The van der Waals surface area contributed by atoms with Crippen LogP contribution in [0, 0.1) is 0 Å². The molecule has 0 radical (unpaired) electrons. The van der Waals surface area contributed by atoms with Crippen LogP contribution < -0.4 is 15.8 Å². The van der Waals surface area contributed by atoms with Gasteiger partial charge in [-0.05, 0) is 18.2 Å². The summed E-state index contributed by atoms with van der Waals surface area (Å²) >= 11 is 6.03. The van der Waals surface area contributed by atoms with Crippen LogP contribution in [0.25, 0.3) is 0 Å². The molecule has 4 rings (SSSR count). The molecule has 1 aliphatic rings. The van der Waals surface area contributed by atoms with E-state index in [0.29, 0.717) is 16.5 Å². The molecule has 10 heteroatoms. The predicted octanol–water partition coefficient (Wildman–Crippen LogP) is 3.35. The minimum Gasteiger partial charge on any atom is -0.744 e. The van der Waals surface area contributed by atoms with Gasteiger partial charge in [-0.25, -0.2) is 8.42 Å². The third-order valence-corrected chi connectivity index (χ3v) is 6.09. The molecule has 0 heterocycles. The highest BCUT2D eigenvalue weighted by atomic mass is 35.5. The summed E-state index contributed by atoms with van der Waals surface area (Å²) in [6.07, 6.45) is 0. The van der Waals surface area contributed by atoms with Crippen molar-refractivity contribution in [1.82, 2.24) is 0 Å². The Morgan fingerprint density at radius 1 is 1.00 bits per heavy atom. The van der Waals surface area contributed by atoms with Crippen LogP contribution in [-0.2, 0) is 10.1 Å². The van der Waals surface area contributed by atoms with Gasteiger partial charge in [0.1, 0.15) is 15.9 Å². The van der Waals surface area contributed by atoms with Gasteiger partial charge in [0.05, 0.1) is 39.5 Å². The minimum atomic E-state index is -5.04. The van der Waals surface area contributed by atoms with Crippen molar-refractivity contribution in [2.24, 2.45) is 0 Å². The van der Waals surface area contributed by atoms with Crippen molar-refractivity contribution in [2.45, 2.75) is 4.90 Å². The number of anilines is 3. The van der Waals surface area contributed by atoms with E-state index >= 15 is 0 Å². The standard InChI is InChI=1S/C21H15ClN2O6S/c1-30-15-8-10(6-7-13(15)22)24-14-9-16(31(27,28)29)19(23)18-17(14)20(25)11-4-2-3-5-12(11)21(18)26/h2-9,24H,23H2,1H3,(H,27,28,29)/p-1. The van der Waals surface area contributed by atoms with Gasteiger partial charge in [0.25, 0.3) is 0 Å². The summed E-state index contributed by atoms with van der Waals surface area (Å²) in [4.78, 5) is 25.5. The number of nitrogen functional groups attached to an aromatic ring is 1. The third kappa shape index (κ3) is 3.42. The van der Waals surface area contributed by atoms with Crippen LogP contribution in [-0.4, -0.2) is 31.6 Å². The molecule has 3 N–H and O–H groups in total. The van der Waals surface area contributed by atoms with E-state index in [4.69, 9.17) is 22.1 Å². The smallest absolute Gasteiger partial charge is 0.196 e. The number of nitrogens with two attached hydrogens (primary N) is 1. The number of methoxy groups -OCH3 is 1. The van der Waals surface area contributed by atoms with Crippen molar-refractivity contribution in [3.05, 3.63) is 75.8 Å². The van der Waals surface area contributed by atoms with Crippen LogP contribution in [0.5, 0.6) is 5.75 Å². The summed E-state index contributed by atoms with van der Waals surface area (Å²) in [5.41, 5.74) is 5.44. The lowest BCUT2D eigenvalue weighted by Gasteiger charge is -2.25. The first kappa shape index (κ1) is 20.9. The quantitative estimate of drug-likeness (QED) is 0.351. The summed E-state index contributed by atoms with van der Waals surface area (Å²) in [6, 6.07) is 11.7. The molecule has 0 spiro atoms. The van der Waals surface area contributed by atoms with Crippen LogP contribution in [0.4, 0.5) is 17.1 Å². The van der Waals surface area contributed by atoms with Gasteiger partial charge in [-0.15, -0.1) is 0 Å². The molecule has 0 bridgehead atoms. The molecule has 8 nitrogen and oxygen atoms in total. The SMILES string of the molecule is COc1cc(Nc2cc(S(=O)(=O)[O-])c(N)c3c2C(=O)c2ccccc2C3=O)ccc1Cl. The summed E-state index contributed by atoms with van der Waals surface area (Å²) in [6.45, 7) is 0. The second-order valence-corrected chi connectivity index (χ2v) is 8.47. The number of nitrogens with one attached hydrogen (secondary N) is 1. The first-order valence-corrected chi connectivity index (χ1v) is 10.6. The number of rotatable bonds is 4. The van der Waals surface area contributed by atoms with Gasteiger partial charge in [-0.1, -0.05) is 35.9 Å². The Hall–Kier alpha value is -3.40. The minimum absolute atomic E-state index is 0.0594. The van der Waals surface area contributed by atoms with Crippen molar-refractivity contribution in [3.8, 4) is 5.75 Å². The molecule has 31 heavy (non-hydrogen) atoms. The highest BCUT2D eigenvalue weighted by Gasteiger charge is 2.35. The maximum absolute atomic E-state index is 13.2. The monoisotopic (exact) mass is 457 g/mol. The number of carbonyl (C=O) groups is 2. The maximum Gasteiger partial charge on any atom is 0.196 e. The lowest BCUT2D eigenvalue weighted by Crippen LogP contribution is -2.25. The van der Waals surface area contributed by atoms with E-state index in [-0.39, 0.29) is 27.9 Å². The number of ether oxygens (including phenoxy) is 1. The third-order valence-electron chi connectivity index (χ3n) is 4.90. The van der Waals surface area contributed by atoms with Crippen LogP contribution in [0.2, 0.25) is 5.02 Å².